The summed E-state index contributed by atoms with van der Waals surface area (Å²) >= 11 is 6.13. The van der Waals surface area contributed by atoms with Gasteiger partial charge < -0.3 is 19.8 Å². The Balaban J connectivity index is 1.84. The Bertz CT molecular complexity index is 1070. The van der Waals surface area contributed by atoms with Crippen molar-refractivity contribution in [2.75, 3.05) is 13.2 Å². The van der Waals surface area contributed by atoms with Crippen molar-refractivity contribution in [1.29, 1.82) is 0 Å². The monoisotopic (exact) mass is 396 g/mol. The number of nitrogens with two attached hydrogens (primary N) is 1. The molecule has 0 bridgehead atoms. The Hall–Kier alpha value is -2.92. The topological polar surface area (TPSA) is 66.5 Å². The molecule has 2 aromatic carbocycles. The van der Waals surface area contributed by atoms with Crippen molar-refractivity contribution in [1.82, 2.24) is 4.57 Å². The number of rotatable bonds is 4. The zero-order valence-electron chi connectivity index (χ0n) is 15.8. The Morgan fingerprint density at radius 2 is 1.82 bits per heavy atom. The van der Waals surface area contributed by atoms with Crippen molar-refractivity contribution in [3.05, 3.63) is 70.0 Å². The number of primary amides is 1. The van der Waals surface area contributed by atoms with Crippen molar-refractivity contribution < 1.29 is 14.3 Å². The minimum Gasteiger partial charge on any atom is -0.486 e. The van der Waals surface area contributed by atoms with Gasteiger partial charge in [0.15, 0.2) is 11.5 Å². The number of ether oxygens (including phenoxy) is 2. The van der Waals surface area contributed by atoms with E-state index in [0.29, 0.717) is 41.8 Å². The summed E-state index contributed by atoms with van der Waals surface area (Å²) in [4.78, 5) is 12.3. The van der Waals surface area contributed by atoms with E-state index in [-0.39, 0.29) is 0 Å². The molecule has 2 heterocycles. The van der Waals surface area contributed by atoms with E-state index in [2.05, 4.69) is 4.57 Å². The lowest BCUT2D eigenvalue weighted by Crippen LogP contribution is -2.15. The maximum atomic E-state index is 12.3. The number of nitrogens with zero attached hydrogens (tertiary/aromatic N) is 1. The zero-order valence-corrected chi connectivity index (χ0v) is 16.5. The number of fused-ring (bicyclic) bond motifs is 1. The minimum atomic E-state index is -0.449. The van der Waals surface area contributed by atoms with Crippen LogP contribution in [0.1, 0.15) is 27.3 Å². The van der Waals surface area contributed by atoms with Gasteiger partial charge in [0, 0.05) is 28.5 Å². The molecular formula is C22H21ClN2O3. The third-order valence-electron chi connectivity index (χ3n) is 5.09. The molecule has 1 aliphatic heterocycles. The van der Waals surface area contributed by atoms with Crippen molar-refractivity contribution in [3.8, 4) is 22.6 Å². The van der Waals surface area contributed by atoms with Crippen LogP contribution in [0.5, 0.6) is 11.5 Å². The molecule has 0 fully saturated rings. The molecule has 0 saturated heterocycles. The van der Waals surface area contributed by atoms with E-state index in [4.69, 9.17) is 26.8 Å². The van der Waals surface area contributed by atoms with E-state index >= 15 is 0 Å². The van der Waals surface area contributed by atoms with Gasteiger partial charge in [0.05, 0.1) is 5.56 Å². The third kappa shape index (κ3) is 3.22. The maximum Gasteiger partial charge on any atom is 0.251 e. The summed E-state index contributed by atoms with van der Waals surface area (Å²) in [5.74, 6) is 0.942. The Morgan fingerprint density at radius 1 is 1.07 bits per heavy atom. The number of carbonyl (C=O) groups excluding carboxylic acids is 1. The molecule has 0 atom stereocenters. The standard InChI is InChI=1S/C22H21ClN2O3/c1-13-20(16-6-7-18-19(11-16)28-9-8-27-18)21(22(24)26)14(2)25(13)12-15-4-3-5-17(23)10-15/h3-7,10-11H,8-9,12H2,1-2H3,(H2,24,26). The molecule has 0 saturated carbocycles. The van der Waals surface area contributed by atoms with Crippen LogP contribution in [0.3, 0.4) is 0 Å². The van der Waals surface area contributed by atoms with E-state index in [9.17, 15) is 4.79 Å². The largest absolute Gasteiger partial charge is 0.486 e. The Kier molecular flexibility index (Phi) is 4.77. The summed E-state index contributed by atoms with van der Waals surface area (Å²) < 4.78 is 13.4. The van der Waals surface area contributed by atoms with E-state index < -0.39 is 5.91 Å². The van der Waals surface area contributed by atoms with Crippen LogP contribution in [0.25, 0.3) is 11.1 Å². The van der Waals surface area contributed by atoms with Gasteiger partial charge in [-0.2, -0.15) is 0 Å². The number of aromatic nitrogens is 1. The molecule has 28 heavy (non-hydrogen) atoms. The molecular weight excluding hydrogens is 376 g/mol. The molecule has 5 nitrogen and oxygen atoms in total. The highest BCUT2D eigenvalue weighted by Gasteiger charge is 2.24. The van der Waals surface area contributed by atoms with Crippen LogP contribution in [0.2, 0.25) is 5.02 Å². The summed E-state index contributed by atoms with van der Waals surface area (Å²) in [6.07, 6.45) is 0. The summed E-state index contributed by atoms with van der Waals surface area (Å²) in [6, 6.07) is 13.4. The predicted molar refractivity (Wildman–Crippen MR) is 109 cm³/mol. The molecule has 144 valence electrons. The quantitative estimate of drug-likeness (QED) is 0.713. The second-order valence-electron chi connectivity index (χ2n) is 6.86. The lowest BCUT2D eigenvalue weighted by molar-refractivity contribution is 0.1000. The van der Waals surface area contributed by atoms with E-state index in [1.54, 1.807) is 0 Å². The molecule has 1 amide bonds. The van der Waals surface area contributed by atoms with Gasteiger partial charge in [-0.15, -0.1) is 0 Å². The maximum absolute atomic E-state index is 12.3. The molecule has 0 aliphatic carbocycles. The number of halogens is 1. The van der Waals surface area contributed by atoms with Crippen molar-refractivity contribution >= 4 is 17.5 Å². The first-order valence-electron chi connectivity index (χ1n) is 9.09. The highest BCUT2D eigenvalue weighted by Crippen LogP contribution is 2.38. The van der Waals surface area contributed by atoms with Crippen molar-refractivity contribution in [3.63, 3.8) is 0 Å². The summed E-state index contributed by atoms with van der Waals surface area (Å²) in [7, 11) is 0. The molecule has 1 aliphatic rings. The van der Waals surface area contributed by atoms with Gasteiger partial charge >= 0.3 is 0 Å². The van der Waals surface area contributed by atoms with Gasteiger partial charge in [0.25, 0.3) is 5.91 Å². The molecule has 1 aromatic heterocycles. The van der Waals surface area contributed by atoms with Crippen LogP contribution in [-0.2, 0) is 6.54 Å². The zero-order chi connectivity index (χ0) is 19.8. The number of amides is 1. The van der Waals surface area contributed by atoms with Gasteiger partial charge in [0.1, 0.15) is 13.2 Å². The molecule has 0 spiro atoms. The highest BCUT2D eigenvalue weighted by molar-refractivity contribution is 6.30. The second kappa shape index (κ2) is 7.24. The lowest BCUT2D eigenvalue weighted by atomic mass is 9.99. The number of hydrogen-bond acceptors (Lipinski definition) is 3. The predicted octanol–water partition coefficient (Wildman–Crippen LogP) is 4.34. The second-order valence-corrected chi connectivity index (χ2v) is 7.30. The Labute approximate surface area is 168 Å². The molecule has 2 N–H and O–H groups in total. The van der Waals surface area contributed by atoms with E-state index in [0.717, 1.165) is 28.1 Å². The summed E-state index contributed by atoms with van der Waals surface area (Å²) in [6.45, 7) is 5.55. The smallest absolute Gasteiger partial charge is 0.251 e. The van der Waals surface area contributed by atoms with Gasteiger partial charge in [0.2, 0.25) is 0 Å². The molecule has 4 rings (SSSR count). The van der Waals surface area contributed by atoms with Gasteiger partial charge in [-0.1, -0.05) is 29.8 Å². The number of hydrogen-bond donors (Lipinski definition) is 1. The third-order valence-corrected chi connectivity index (χ3v) is 5.33. The van der Waals surface area contributed by atoms with Gasteiger partial charge in [-0.25, -0.2) is 0 Å². The fourth-order valence-electron chi connectivity index (χ4n) is 3.79. The molecule has 3 aromatic rings. The SMILES string of the molecule is Cc1c(C(N)=O)c(-c2ccc3c(c2)OCCO3)c(C)n1Cc1cccc(Cl)c1. The summed E-state index contributed by atoms with van der Waals surface area (Å²) in [5.41, 5.74) is 10.8. The lowest BCUT2D eigenvalue weighted by Gasteiger charge is -2.19. The van der Waals surface area contributed by atoms with Crippen LogP contribution in [-0.4, -0.2) is 23.7 Å². The fraction of sp³-hybridized carbons (Fsp3) is 0.227. The van der Waals surface area contributed by atoms with Crippen LogP contribution in [0.15, 0.2) is 42.5 Å². The first kappa shape index (κ1) is 18.4. The van der Waals surface area contributed by atoms with E-state index in [1.165, 1.54) is 0 Å². The normalized spacial score (nSPS) is 12.8. The van der Waals surface area contributed by atoms with Crippen LogP contribution < -0.4 is 15.2 Å². The van der Waals surface area contributed by atoms with Gasteiger partial charge in [-0.05, 0) is 49.2 Å². The Morgan fingerprint density at radius 3 is 2.54 bits per heavy atom. The first-order valence-corrected chi connectivity index (χ1v) is 9.47. The molecule has 0 unspecified atom stereocenters. The first-order chi connectivity index (χ1) is 13.5. The minimum absolute atomic E-state index is 0.449. The van der Waals surface area contributed by atoms with Crippen molar-refractivity contribution in [2.45, 2.75) is 20.4 Å². The van der Waals surface area contributed by atoms with Crippen LogP contribution in [0.4, 0.5) is 0 Å². The molecule has 6 heteroatoms. The highest BCUT2D eigenvalue weighted by atomic mass is 35.5. The number of benzene rings is 2. The average Bonchev–Trinajstić information content (AvgIpc) is 2.92. The average molecular weight is 397 g/mol. The van der Waals surface area contributed by atoms with Crippen LogP contribution >= 0.6 is 11.6 Å². The van der Waals surface area contributed by atoms with E-state index in [1.807, 2.05) is 56.3 Å². The fourth-order valence-corrected chi connectivity index (χ4v) is 4.00. The summed E-state index contributed by atoms with van der Waals surface area (Å²) in [5, 5.41) is 0.683. The van der Waals surface area contributed by atoms with Gasteiger partial charge in [-0.3, -0.25) is 4.79 Å². The molecule has 0 radical (unpaired) electrons. The van der Waals surface area contributed by atoms with Crippen molar-refractivity contribution in [2.24, 2.45) is 5.73 Å². The number of carbonyl (C=O) groups is 1. The van der Waals surface area contributed by atoms with Crippen LogP contribution in [0, 0.1) is 13.8 Å².